The third kappa shape index (κ3) is 5.71. The van der Waals surface area contributed by atoms with Crippen LogP contribution in [0.1, 0.15) is 69.8 Å². The molecule has 238 valence electrons. The maximum atomic E-state index is 14.1. The minimum absolute atomic E-state index is 0.00771. The van der Waals surface area contributed by atoms with Crippen molar-refractivity contribution in [3.8, 4) is 17.3 Å². The molecule has 0 atom stereocenters. The number of Topliss-reactive ketones (excluding diaryl/α,β-unsaturated/α-hetero) is 1. The summed E-state index contributed by atoms with van der Waals surface area (Å²) < 4.78 is 66.9. The first kappa shape index (κ1) is 30.2. The van der Waals surface area contributed by atoms with Crippen molar-refractivity contribution >= 4 is 27.5 Å². The standard InChI is InChI=1S/C34H32F2N4O5S/c1-19-11-31(45-33-28(35)3-2-4-29(33)36)38-17-30(19)40-34(37)27(16-39-40)32(41)23-12-21-14-24(26(20-5-6-20)15-22(21)13-23)18-46(42,43)25-7-9-44-10-8-25/h2-4,11,13-17,20,25H,5-10,12,18,37H2,1H3. The molecule has 0 bridgehead atoms. The minimum atomic E-state index is -3.35. The van der Waals surface area contributed by atoms with E-state index < -0.39 is 32.5 Å². The maximum Gasteiger partial charge on any atom is 0.219 e. The molecule has 4 aromatic rings. The van der Waals surface area contributed by atoms with Crippen molar-refractivity contribution in [2.24, 2.45) is 0 Å². The Labute approximate surface area is 265 Å². The molecular formula is C34H32F2N4O5S. The summed E-state index contributed by atoms with van der Waals surface area (Å²) in [4.78, 5) is 17.9. The Morgan fingerprint density at radius 3 is 2.52 bits per heavy atom. The number of hydrogen-bond acceptors (Lipinski definition) is 8. The molecule has 0 amide bonds. The molecule has 2 aromatic carbocycles. The highest BCUT2D eigenvalue weighted by Crippen LogP contribution is 2.45. The van der Waals surface area contributed by atoms with Crippen LogP contribution in [0.15, 0.2) is 54.4 Å². The number of allylic oxidation sites excluding steroid dienone is 1. The fourth-order valence-corrected chi connectivity index (χ4v) is 8.09. The number of carbonyl (C=O) groups excluding carboxylic acids is 1. The molecule has 3 heterocycles. The zero-order valence-electron chi connectivity index (χ0n) is 25.1. The summed E-state index contributed by atoms with van der Waals surface area (Å²) in [5.74, 6) is -2.12. The Balaban J connectivity index is 1.11. The van der Waals surface area contributed by atoms with Crippen LogP contribution >= 0.6 is 0 Å². The number of nitrogens with two attached hydrogens (primary N) is 1. The molecule has 1 aliphatic heterocycles. The van der Waals surface area contributed by atoms with Crippen LogP contribution < -0.4 is 10.5 Å². The van der Waals surface area contributed by atoms with E-state index in [1.165, 1.54) is 29.2 Å². The normalized spacial score (nSPS) is 16.7. The van der Waals surface area contributed by atoms with Gasteiger partial charge >= 0.3 is 0 Å². The van der Waals surface area contributed by atoms with E-state index in [1.807, 2.05) is 12.1 Å². The first-order valence-corrected chi connectivity index (χ1v) is 16.9. The van der Waals surface area contributed by atoms with Crippen molar-refractivity contribution < 1.29 is 31.5 Å². The van der Waals surface area contributed by atoms with Crippen molar-refractivity contribution in [2.45, 2.75) is 55.9 Å². The molecule has 0 radical (unpaired) electrons. The minimum Gasteiger partial charge on any atom is -0.433 e. The summed E-state index contributed by atoms with van der Waals surface area (Å²) in [6.45, 7) is 2.66. The molecule has 9 nitrogen and oxygen atoms in total. The number of fused-ring (bicyclic) bond motifs is 1. The fraction of sp³-hybridized carbons (Fsp3) is 0.324. The number of hydrogen-bond donors (Lipinski definition) is 1. The average Bonchev–Trinajstić information content (AvgIpc) is 3.69. The highest BCUT2D eigenvalue weighted by Gasteiger charge is 2.34. The number of aromatic nitrogens is 3. The molecule has 0 unspecified atom stereocenters. The van der Waals surface area contributed by atoms with E-state index in [9.17, 15) is 22.0 Å². The summed E-state index contributed by atoms with van der Waals surface area (Å²) in [6.07, 6.45) is 8.10. The van der Waals surface area contributed by atoms with Crippen molar-refractivity contribution in [1.82, 2.24) is 14.8 Å². The number of halogens is 2. The Hall–Kier alpha value is -4.42. The van der Waals surface area contributed by atoms with Crippen LogP contribution in [-0.2, 0) is 26.7 Å². The molecule has 1 saturated heterocycles. The van der Waals surface area contributed by atoms with Crippen LogP contribution in [0.5, 0.6) is 11.6 Å². The molecule has 0 spiro atoms. The predicted octanol–water partition coefficient (Wildman–Crippen LogP) is 6.02. The lowest BCUT2D eigenvalue weighted by Crippen LogP contribution is -2.30. The number of aryl methyl sites for hydroxylation is 1. The van der Waals surface area contributed by atoms with E-state index in [4.69, 9.17) is 15.2 Å². The van der Waals surface area contributed by atoms with Crippen LogP contribution in [0.3, 0.4) is 0 Å². The monoisotopic (exact) mass is 646 g/mol. The van der Waals surface area contributed by atoms with Gasteiger partial charge in [-0.3, -0.25) is 4.79 Å². The third-order valence-corrected chi connectivity index (χ3v) is 11.1. The van der Waals surface area contributed by atoms with Crippen molar-refractivity contribution in [3.63, 3.8) is 0 Å². The second-order valence-electron chi connectivity index (χ2n) is 12.1. The van der Waals surface area contributed by atoms with E-state index >= 15 is 0 Å². The summed E-state index contributed by atoms with van der Waals surface area (Å²) in [7, 11) is -3.35. The van der Waals surface area contributed by atoms with Gasteiger partial charge in [-0.25, -0.2) is 26.9 Å². The summed E-state index contributed by atoms with van der Waals surface area (Å²) >= 11 is 0. The molecule has 2 fully saturated rings. The number of para-hydroxylation sites is 1. The zero-order chi connectivity index (χ0) is 32.2. The van der Waals surface area contributed by atoms with Crippen molar-refractivity contribution in [3.05, 3.63) is 99.4 Å². The topological polar surface area (TPSA) is 126 Å². The first-order chi connectivity index (χ1) is 22.1. The fourth-order valence-electron chi connectivity index (χ4n) is 6.26. The van der Waals surface area contributed by atoms with Gasteiger partial charge in [-0.2, -0.15) is 5.10 Å². The van der Waals surface area contributed by atoms with Crippen LogP contribution in [0, 0.1) is 18.6 Å². The van der Waals surface area contributed by atoms with Gasteiger partial charge in [-0.05, 0) is 84.6 Å². The van der Waals surface area contributed by atoms with Crippen LogP contribution in [0.4, 0.5) is 14.6 Å². The van der Waals surface area contributed by atoms with E-state index in [0.29, 0.717) is 55.2 Å². The van der Waals surface area contributed by atoms with Gasteiger partial charge in [0.25, 0.3) is 0 Å². The maximum absolute atomic E-state index is 14.1. The van der Waals surface area contributed by atoms with Crippen LogP contribution in [0.25, 0.3) is 11.8 Å². The molecule has 3 aliphatic rings. The molecule has 7 rings (SSSR count). The van der Waals surface area contributed by atoms with E-state index in [1.54, 1.807) is 6.92 Å². The number of rotatable bonds is 9. The lowest BCUT2D eigenvalue weighted by molar-refractivity contribution is 0.0983. The van der Waals surface area contributed by atoms with Gasteiger partial charge in [-0.1, -0.05) is 18.2 Å². The summed E-state index contributed by atoms with van der Waals surface area (Å²) in [5.41, 5.74) is 12.0. The van der Waals surface area contributed by atoms with E-state index in [2.05, 4.69) is 16.1 Å². The number of nitrogens with zero attached hydrogens (tertiary/aromatic N) is 3. The highest BCUT2D eigenvalue weighted by atomic mass is 32.2. The Morgan fingerprint density at radius 2 is 1.83 bits per heavy atom. The van der Waals surface area contributed by atoms with E-state index in [0.717, 1.165) is 47.2 Å². The summed E-state index contributed by atoms with van der Waals surface area (Å²) in [5, 5.41) is 3.95. The number of nitrogen functional groups attached to an aromatic ring is 1. The number of pyridine rings is 1. The largest absolute Gasteiger partial charge is 0.433 e. The quantitative estimate of drug-likeness (QED) is 0.219. The lowest BCUT2D eigenvalue weighted by Gasteiger charge is -2.23. The second-order valence-corrected chi connectivity index (χ2v) is 14.4. The number of anilines is 1. The molecule has 2 aromatic heterocycles. The first-order valence-electron chi connectivity index (χ1n) is 15.2. The molecule has 1 saturated carbocycles. The smallest absolute Gasteiger partial charge is 0.219 e. The van der Waals surface area contributed by atoms with Crippen LogP contribution in [0.2, 0.25) is 0 Å². The number of ether oxygens (including phenoxy) is 2. The van der Waals surface area contributed by atoms with Crippen molar-refractivity contribution in [1.29, 1.82) is 0 Å². The Bertz CT molecular complexity index is 1990. The average molecular weight is 647 g/mol. The van der Waals surface area contributed by atoms with Gasteiger partial charge < -0.3 is 15.2 Å². The van der Waals surface area contributed by atoms with Gasteiger partial charge in [0, 0.05) is 31.3 Å². The van der Waals surface area contributed by atoms with Gasteiger partial charge in [0.05, 0.1) is 34.6 Å². The number of benzene rings is 2. The number of carbonyl (C=O) groups is 1. The zero-order valence-corrected chi connectivity index (χ0v) is 25.9. The molecule has 2 aliphatic carbocycles. The Kier molecular flexibility index (Phi) is 7.72. The molecule has 2 N–H and O–H groups in total. The van der Waals surface area contributed by atoms with Gasteiger partial charge in [-0.15, -0.1) is 0 Å². The lowest BCUT2D eigenvalue weighted by atomic mass is 9.97. The molecule has 46 heavy (non-hydrogen) atoms. The molecule has 12 heteroatoms. The van der Waals surface area contributed by atoms with Crippen LogP contribution in [-0.4, -0.2) is 47.4 Å². The number of sulfone groups is 1. The molecular weight excluding hydrogens is 614 g/mol. The van der Waals surface area contributed by atoms with Gasteiger partial charge in [0.15, 0.2) is 27.3 Å². The number of ketones is 1. The Morgan fingerprint density at radius 1 is 1.09 bits per heavy atom. The highest BCUT2D eigenvalue weighted by molar-refractivity contribution is 7.91. The summed E-state index contributed by atoms with van der Waals surface area (Å²) in [6, 6.07) is 8.94. The van der Waals surface area contributed by atoms with Gasteiger partial charge in [0.2, 0.25) is 11.6 Å². The van der Waals surface area contributed by atoms with E-state index in [-0.39, 0.29) is 28.8 Å². The second kappa shape index (κ2) is 11.7. The predicted molar refractivity (Wildman–Crippen MR) is 168 cm³/mol. The third-order valence-electron chi connectivity index (χ3n) is 8.92. The SMILES string of the molecule is Cc1cc(Oc2c(F)cccc2F)ncc1-n1ncc(C(=O)C2=Cc3cc(C4CC4)c(CS(=O)(=O)C4CCOCC4)cc3C2)c1N. The van der Waals surface area contributed by atoms with Gasteiger partial charge in [0.1, 0.15) is 5.82 Å². The van der Waals surface area contributed by atoms with Crippen molar-refractivity contribution in [2.75, 3.05) is 18.9 Å².